The van der Waals surface area contributed by atoms with Gasteiger partial charge >= 0.3 is 0 Å². The highest BCUT2D eigenvalue weighted by Crippen LogP contribution is 2.31. The molecule has 1 aliphatic rings. The van der Waals surface area contributed by atoms with Crippen molar-refractivity contribution in [3.05, 3.63) is 46.8 Å². The van der Waals surface area contributed by atoms with Crippen LogP contribution in [0.2, 0.25) is 0 Å². The summed E-state index contributed by atoms with van der Waals surface area (Å²) in [7, 11) is 0. The molecular formula is C14H15NO2. The molecule has 0 spiro atoms. The molecule has 1 fully saturated rings. The van der Waals surface area contributed by atoms with Crippen LogP contribution in [0.1, 0.15) is 25.3 Å². The second kappa shape index (κ2) is 4.00. The van der Waals surface area contributed by atoms with Crippen molar-refractivity contribution in [1.29, 1.82) is 0 Å². The lowest BCUT2D eigenvalue weighted by Crippen LogP contribution is -2.20. The molecule has 0 radical (unpaired) electrons. The van der Waals surface area contributed by atoms with Crippen molar-refractivity contribution in [3.8, 4) is 0 Å². The van der Waals surface area contributed by atoms with Gasteiger partial charge in [-0.1, -0.05) is 12.1 Å². The van der Waals surface area contributed by atoms with Crippen molar-refractivity contribution >= 4 is 10.9 Å². The molecule has 0 saturated heterocycles. The van der Waals surface area contributed by atoms with Crippen LogP contribution in [0.3, 0.4) is 0 Å². The van der Waals surface area contributed by atoms with E-state index in [0.29, 0.717) is 0 Å². The first-order valence-corrected chi connectivity index (χ1v) is 6.05. The van der Waals surface area contributed by atoms with Crippen LogP contribution in [0.5, 0.6) is 0 Å². The highest BCUT2D eigenvalue weighted by atomic mass is 16.3. The monoisotopic (exact) mass is 229 g/mol. The summed E-state index contributed by atoms with van der Waals surface area (Å²) >= 11 is 0. The van der Waals surface area contributed by atoms with Crippen LogP contribution in [0.15, 0.2) is 41.3 Å². The van der Waals surface area contributed by atoms with Gasteiger partial charge in [0.1, 0.15) is 0 Å². The summed E-state index contributed by atoms with van der Waals surface area (Å²) in [6.07, 6.45) is 4.40. The van der Waals surface area contributed by atoms with Gasteiger partial charge in [-0.25, -0.2) is 0 Å². The Morgan fingerprint density at radius 1 is 1.18 bits per heavy atom. The Hall–Kier alpha value is -1.61. The van der Waals surface area contributed by atoms with E-state index in [4.69, 9.17) is 0 Å². The fraction of sp³-hybridized carbons (Fsp3) is 0.357. The van der Waals surface area contributed by atoms with E-state index >= 15 is 0 Å². The molecule has 2 atom stereocenters. The predicted molar refractivity (Wildman–Crippen MR) is 67.1 cm³/mol. The summed E-state index contributed by atoms with van der Waals surface area (Å²) in [5.74, 6) is 0. The predicted octanol–water partition coefficient (Wildman–Crippen LogP) is 2.09. The average molecular weight is 229 g/mol. The van der Waals surface area contributed by atoms with Crippen LogP contribution in [0.25, 0.3) is 10.9 Å². The topological polar surface area (TPSA) is 42.2 Å². The molecule has 3 heteroatoms. The largest absolute Gasteiger partial charge is 0.391 e. The lowest BCUT2D eigenvalue weighted by Gasteiger charge is -2.20. The Bertz CT molecular complexity index is 602. The molecule has 0 aliphatic heterocycles. The van der Waals surface area contributed by atoms with Crippen LogP contribution >= 0.6 is 0 Å². The molecule has 1 N–H and O–H groups in total. The number of hydrogen-bond acceptors (Lipinski definition) is 2. The third-order valence-electron chi connectivity index (χ3n) is 3.64. The lowest BCUT2D eigenvalue weighted by atomic mass is 10.1. The summed E-state index contributed by atoms with van der Waals surface area (Å²) in [5.41, 5.74) is 0.968. The van der Waals surface area contributed by atoms with Gasteiger partial charge in [-0.3, -0.25) is 4.79 Å². The molecule has 1 heterocycles. The SMILES string of the molecule is O=c1ccn([C@H]2CCC[C@@H]2O)c2ccccc12. The summed E-state index contributed by atoms with van der Waals surface area (Å²) in [6, 6.07) is 9.30. The zero-order valence-electron chi connectivity index (χ0n) is 9.54. The van der Waals surface area contributed by atoms with E-state index < -0.39 is 0 Å². The van der Waals surface area contributed by atoms with Gasteiger partial charge in [0.25, 0.3) is 0 Å². The van der Waals surface area contributed by atoms with Gasteiger partial charge in [-0.05, 0) is 31.4 Å². The normalized spacial score (nSPS) is 24.3. The van der Waals surface area contributed by atoms with E-state index in [1.54, 1.807) is 6.07 Å². The van der Waals surface area contributed by atoms with Crippen LogP contribution in [0, 0.1) is 0 Å². The fourth-order valence-corrected chi connectivity index (χ4v) is 2.76. The number of fused-ring (bicyclic) bond motifs is 1. The van der Waals surface area contributed by atoms with E-state index in [2.05, 4.69) is 4.57 Å². The molecular weight excluding hydrogens is 214 g/mol. The maximum atomic E-state index is 11.8. The van der Waals surface area contributed by atoms with Gasteiger partial charge in [-0.15, -0.1) is 0 Å². The van der Waals surface area contributed by atoms with E-state index in [1.165, 1.54) is 0 Å². The molecule has 1 aromatic carbocycles. The number of aliphatic hydroxyl groups excluding tert-OH is 1. The van der Waals surface area contributed by atoms with Crippen molar-refractivity contribution in [2.45, 2.75) is 31.4 Å². The number of aromatic nitrogens is 1. The maximum absolute atomic E-state index is 11.8. The molecule has 3 nitrogen and oxygen atoms in total. The van der Waals surface area contributed by atoms with Gasteiger partial charge in [0.2, 0.25) is 0 Å². The molecule has 0 bridgehead atoms. The van der Waals surface area contributed by atoms with E-state index in [9.17, 15) is 9.90 Å². The molecule has 0 unspecified atom stereocenters. The number of pyridine rings is 1. The van der Waals surface area contributed by atoms with E-state index in [0.717, 1.165) is 30.2 Å². The molecule has 17 heavy (non-hydrogen) atoms. The smallest absolute Gasteiger partial charge is 0.189 e. The number of nitrogens with zero attached hydrogens (tertiary/aromatic N) is 1. The van der Waals surface area contributed by atoms with Gasteiger partial charge in [0, 0.05) is 17.6 Å². The van der Waals surface area contributed by atoms with Crippen molar-refractivity contribution in [3.63, 3.8) is 0 Å². The molecule has 1 aromatic heterocycles. The third kappa shape index (κ3) is 1.67. The van der Waals surface area contributed by atoms with Crippen LogP contribution in [0.4, 0.5) is 0 Å². The molecule has 1 aliphatic carbocycles. The van der Waals surface area contributed by atoms with Gasteiger partial charge < -0.3 is 9.67 Å². The number of aliphatic hydroxyl groups is 1. The van der Waals surface area contributed by atoms with Gasteiger partial charge in [-0.2, -0.15) is 0 Å². The van der Waals surface area contributed by atoms with Crippen LogP contribution in [-0.4, -0.2) is 15.8 Å². The number of hydrogen-bond donors (Lipinski definition) is 1. The molecule has 2 aromatic rings. The van der Waals surface area contributed by atoms with Crippen molar-refractivity contribution < 1.29 is 5.11 Å². The Morgan fingerprint density at radius 3 is 2.76 bits per heavy atom. The minimum atomic E-state index is -0.291. The summed E-state index contributed by atoms with van der Waals surface area (Å²) in [6.45, 7) is 0. The van der Waals surface area contributed by atoms with Crippen molar-refractivity contribution in [1.82, 2.24) is 4.57 Å². The number of para-hydroxylation sites is 1. The Kier molecular flexibility index (Phi) is 2.48. The molecule has 0 amide bonds. The molecule has 1 saturated carbocycles. The van der Waals surface area contributed by atoms with Gasteiger partial charge in [0.15, 0.2) is 5.43 Å². The Morgan fingerprint density at radius 2 is 2.00 bits per heavy atom. The quantitative estimate of drug-likeness (QED) is 0.813. The zero-order chi connectivity index (χ0) is 11.8. The second-order valence-electron chi connectivity index (χ2n) is 4.67. The Balaban J connectivity index is 2.23. The van der Waals surface area contributed by atoms with Crippen molar-refractivity contribution in [2.75, 3.05) is 0 Å². The molecule has 3 rings (SSSR count). The summed E-state index contributed by atoms with van der Waals surface area (Å²) in [4.78, 5) is 11.8. The van der Waals surface area contributed by atoms with Crippen LogP contribution < -0.4 is 5.43 Å². The Labute approximate surface area is 99.3 Å². The number of rotatable bonds is 1. The first-order chi connectivity index (χ1) is 8.27. The summed E-state index contributed by atoms with van der Waals surface area (Å²) < 4.78 is 2.05. The highest BCUT2D eigenvalue weighted by molar-refractivity contribution is 5.78. The van der Waals surface area contributed by atoms with Gasteiger partial charge in [0.05, 0.1) is 17.7 Å². The first-order valence-electron chi connectivity index (χ1n) is 6.05. The second-order valence-corrected chi connectivity index (χ2v) is 4.67. The van der Waals surface area contributed by atoms with Crippen molar-refractivity contribution in [2.24, 2.45) is 0 Å². The standard InChI is InChI=1S/C14H15NO2/c16-13-8-9-15(12-6-3-7-14(12)17)11-5-2-1-4-10(11)13/h1-2,4-5,8-9,12,14,17H,3,6-7H2/t12-,14-/m0/s1. The third-order valence-corrected chi connectivity index (χ3v) is 3.64. The highest BCUT2D eigenvalue weighted by Gasteiger charge is 2.26. The minimum Gasteiger partial charge on any atom is -0.391 e. The maximum Gasteiger partial charge on any atom is 0.189 e. The van der Waals surface area contributed by atoms with E-state index in [1.807, 2.05) is 30.5 Å². The summed E-state index contributed by atoms with van der Waals surface area (Å²) in [5, 5.41) is 10.7. The zero-order valence-corrected chi connectivity index (χ0v) is 9.54. The molecule has 88 valence electrons. The van der Waals surface area contributed by atoms with Crippen LogP contribution in [-0.2, 0) is 0 Å². The lowest BCUT2D eigenvalue weighted by molar-refractivity contribution is 0.138. The average Bonchev–Trinajstić information content (AvgIpc) is 2.77. The van der Waals surface area contributed by atoms with E-state index in [-0.39, 0.29) is 17.6 Å². The first kappa shape index (κ1) is 10.5. The fourth-order valence-electron chi connectivity index (χ4n) is 2.76. The number of benzene rings is 1. The minimum absolute atomic E-state index is 0.0457.